The lowest BCUT2D eigenvalue weighted by molar-refractivity contribution is -0.122. The average Bonchev–Trinajstić information content (AvgIpc) is 3.11. The van der Waals surface area contributed by atoms with Gasteiger partial charge in [0.1, 0.15) is 0 Å². The normalized spacial score (nSPS) is 15.2. The fraction of sp³-hybridized carbons (Fsp3) is 0.690. The van der Waals surface area contributed by atoms with Gasteiger partial charge in [-0.3, -0.25) is 19.3 Å². The van der Waals surface area contributed by atoms with Crippen LogP contribution >= 0.6 is 0 Å². The van der Waals surface area contributed by atoms with E-state index in [2.05, 4.69) is 26.1 Å². The minimum Gasteiger partial charge on any atom is -0.380 e. The highest BCUT2D eigenvalue weighted by atomic mass is 16.5. The fourth-order valence-corrected chi connectivity index (χ4v) is 3.85. The highest BCUT2D eigenvalue weighted by molar-refractivity contribution is 6.20. The number of aryl methyl sites for hydroxylation is 1. The molecule has 1 aromatic carbocycles. The number of unbranched alkanes of at least 4 members (excludes halogenated alkanes) is 7. The van der Waals surface area contributed by atoms with Gasteiger partial charge in [-0.25, -0.2) is 0 Å². The predicted octanol–water partition coefficient (Wildman–Crippen LogP) is 6.21. The Kier molecular flexibility index (Phi) is 16.8. The lowest BCUT2D eigenvalue weighted by Crippen LogP contribution is -2.29. The fourth-order valence-electron chi connectivity index (χ4n) is 3.85. The minimum absolute atomic E-state index is 0.00751. The van der Waals surface area contributed by atoms with E-state index in [1.807, 2.05) is 12.1 Å². The topological polar surface area (TPSA) is 75.7 Å². The Labute approximate surface area is 213 Å². The van der Waals surface area contributed by atoms with Crippen molar-refractivity contribution in [2.75, 3.05) is 24.7 Å². The van der Waals surface area contributed by atoms with Crippen LogP contribution < -0.4 is 10.2 Å². The zero-order chi connectivity index (χ0) is 25.9. The molecule has 1 aliphatic heterocycles. The molecule has 1 aliphatic rings. The molecule has 0 bridgehead atoms. The molecule has 1 N–H and O–H groups in total. The number of rotatable bonds is 16. The number of anilines is 1. The van der Waals surface area contributed by atoms with E-state index in [0.29, 0.717) is 31.7 Å². The Morgan fingerprint density at radius 2 is 1.51 bits per heavy atom. The van der Waals surface area contributed by atoms with Crippen molar-refractivity contribution in [1.82, 2.24) is 5.32 Å². The number of imide groups is 1. The van der Waals surface area contributed by atoms with Gasteiger partial charge in [0.25, 0.3) is 0 Å². The van der Waals surface area contributed by atoms with Crippen molar-refractivity contribution >= 4 is 23.4 Å². The molecule has 6 heteroatoms. The monoisotopic (exact) mass is 488 g/mol. The molecule has 0 aromatic heterocycles. The van der Waals surface area contributed by atoms with Gasteiger partial charge in [0.05, 0.1) is 12.3 Å². The second-order valence-electron chi connectivity index (χ2n) is 9.42. The summed E-state index contributed by atoms with van der Waals surface area (Å²) in [6.45, 7) is 10.2. The molecule has 0 spiro atoms. The summed E-state index contributed by atoms with van der Waals surface area (Å²) in [7, 11) is 0. The maximum atomic E-state index is 12.0. The van der Waals surface area contributed by atoms with E-state index in [1.54, 1.807) is 19.1 Å². The first kappa shape index (κ1) is 30.8. The Balaban J connectivity index is 0.000000579. The van der Waals surface area contributed by atoms with Gasteiger partial charge in [-0.1, -0.05) is 91.2 Å². The van der Waals surface area contributed by atoms with Gasteiger partial charge in [-0.05, 0) is 30.5 Å². The van der Waals surface area contributed by atoms with Crippen molar-refractivity contribution in [1.29, 1.82) is 0 Å². The van der Waals surface area contributed by atoms with Gasteiger partial charge in [0, 0.05) is 31.9 Å². The number of carbonyl (C=O) groups excluding carboxylic acids is 3. The van der Waals surface area contributed by atoms with E-state index in [4.69, 9.17) is 4.74 Å². The van der Waals surface area contributed by atoms with Crippen LogP contribution in [0, 0.1) is 5.92 Å². The Bertz CT molecular complexity index is 727. The molecular weight excluding hydrogens is 440 g/mol. The summed E-state index contributed by atoms with van der Waals surface area (Å²) in [5, 5.41) is 2.84. The molecule has 35 heavy (non-hydrogen) atoms. The molecule has 1 heterocycles. The van der Waals surface area contributed by atoms with E-state index >= 15 is 0 Å². The van der Waals surface area contributed by atoms with Crippen LogP contribution in [0.2, 0.25) is 0 Å². The van der Waals surface area contributed by atoms with Crippen molar-refractivity contribution in [3.05, 3.63) is 29.8 Å². The Morgan fingerprint density at radius 3 is 2.06 bits per heavy atom. The molecule has 1 fully saturated rings. The lowest BCUT2D eigenvalue weighted by atomic mass is 10.1. The second-order valence-corrected chi connectivity index (χ2v) is 9.42. The van der Waals surface area contributed by atoms with Crippen LogP contribution in [-0.2, 0) is 25.5 Å². The molecule has 1 aromatic rings. The van der Waals surface area contributed by atoms with Gasteiger partial charge in [-0.2, -0.15) is 0 Å². The van der Waals surface area contributed by atoms with Crippen LogP contribution in [0.25, 0.3) is 0 Å². The summed E-state index contributed by atoms with van der Waals surface area (Å²) in [6.07, 6.45) is 13.4. The van der Waals surface area contributed by atoms with Crippen LogP contribution in [0.4, 0.5) is 5.69 Å². The number of nitrogens with zero attached hydrogens (tertiary/aromatic N) is 1. The predicted molar refractivity (Wildman–Crippen MR) is 143 cm³/mol. The van der Waals surface area contributed by atoms with Crippen LogP contribution in [0.15, 0.2) is 24.3 Å². The second kappa shape index (κ2) is 19.0. The van der Waals surface area contributed by atoms with Crippen LogP contribution in [0.1, 0.15) is 104 Å². The zero-order valence-electron chi connectivity index (χ0n) is 22.6. The zero-order valence-corrected chi connectivity index (χ0v) is 22.6. The molecule has 198 valence electrons. The third-order valence-corrected chi connectivity index (χ3v) is 6.13. The van der Waals surface area contributed by atoms with Gasteiger partial charge in [0.2, 0.25) is 17.7 Å². The largest absolute Gasteiger partial charge is 0.380 e. The molecule has 3 amide bonds. The summed E-state index contributed by atoms with van der Waals surface area (Å²) in [4.78, 5) is 37.1. The molecule has 6 nitrogen and oxygen atoms in total. The van der Waals surface area contributed by atoms with Gasteiger partial charge in [0.15, 0.2) is 0 Å². The number of nitrogens with one attached hydrogen (secondary N) is 1. The number of ether oxygens (including phenoxy) is 1. The Hall–Kier alpha value is -2.21. The quantitative estimate of drug-likeness (QED) is 0.222. The van der Waals surface area contributed by atoms with E-state index in [9.17, 15) is 14.4 Å². The smallest absolute Gasteiger partial charge is 0.237 e. The maximum Gasteiger partial charge on any atom is 0.237 e. The third kappa shape index (κ3) is 12.9. The lowest BCUT2D eigenvalue weighted by Gasteiger charge is -2.14. The maximum absolute atomic E-state index is 12.0. The van der Waals surface area contributed by atoms with Gasteiger partial charge < -0.3 is 10.1 Å². The molecule has 2 rings (SSSR count). The Morgan fingerprint density at radius 1 is 0.914 bits per heavy atom. The van der Waals surface area contributed by atoms with E-state index in [-0.39, 0.29) is 30.1 Å². The SMILES string of the molecule is CCCCCCCCC.CCCCOCCNC(=O)CCc1ccc(N2C(=O)CC(C)C2=O)cc1. The van der Waals surface area contributed by atoms with E-state index in [1.165, 1.54) is 49.8 Å². The standard InChI is InChI=1S/C20H28N2O4.C9H20/c1-3-4-12-26-13-11-21-18(23)10-7-16-5-8-17(9-6-16)22-19(24)14-15(2)20(22)25;1-3-5-7-9-8-6-4-2/h5-6,8-9,15H,3-4,7,10-14H2,1-2H3,(H,21,23);3-9H2,1-2H3. The number of amides is 3. The van der Waals surface area contributed by atoms with Gasteiger partial charge >= 0.3 is 0 Å². The number of hydrogen-bond donors (Lipinski definition) is 1. The van der Waals surface area contributed by atoms with Crippen molar-refractivity contribution < 1.29 is 19.1 Å². The van der Waals surface area contributed by atoms with E-state index in [0.717, 1.165) is 25.0 Å². The van der Waals surface area contributed by atoms with Crippen molar-refractivity contribution in [3.8, 4) is 0 Å². The highest BCUT2D eigenvalue weighted by Crippen LogP contribution is 2.26. The average molecular weight is 489 g/mol. The van der Waals surface area contributed by atoms with E-state index < -0.39 is 0 Å². The molecule has 1 atom stereocenters. The first-order chi connectivity index (χ1) is 16.9. The molecule has 1 saturated heterocycles. The summed E-state index contributed by atoms with van der Waals surface area (Å²) < 4.78 is 5.40. The molecular formula is C29H48N2O4. The first-order valence-electron chi connectivity index (χ1n) is 13.7. The molecule has 1 unspecified atom stereocenters. The molecule has 0 saturated carbocycles. The first-order valence-corrected chi connectivity index (χ1v) is 13.7. The van der Waals surface area contributed by atoms with Crippen molar-refractivity contribution in [2.24, 2.45) is 5.92 Å². The van der Waals surface area contributed by atoms with Gasteiger partial charge in [-0.15, -0.1) is 0 Å². The van der Waals surface area contributed by atoms with Crippen LogP contribution in [-0.4, -0.2) is 37.5 Å². The summed E-state index contributed by atoms with van der Waals surface area (Å²) in [5.74, 6) is -0.567. The molecule has 0 radical (unpaired) electrons. The molecule has 0 aliphatic carbocycles. The highest BCUT2D eigenvalue weighted by Gasteiger charge is 2.36. The van der Waals surface area contributed by atoms with Crippen molar-refractivity contribution in [2.45, 2.75) is 105 Å². The summed E-state index contributed by atoms with van der Waals surface area (Å²) >= 11 is 0. The third-order valence-electron chi connectivity index (χ3n) is 6.13. The number of benzene rings is 1. The summed E-state index contributed by atoms with van der Waals surface area (Å²) in [5.41, 5.74) is 1.59. The van der Waals surface area contributed by atoms with Crippen LogP contribution in [0.3, 0.4) is 0 Å². The number of hydrogen-bond acceptors (Lipinski definition) is 4. The van der Waals surface area contributed by atoms with Crippen LogP contribution in [0.5, 0.6) is 0 Å². The minimum atomic E-state index is -0.253. The summed E-state index contributed by atoms with van der Waals surface area (Å²) in [6, 6.07) is 7.26. The number of carbonyl (C=O) groups is 3. The van der Waals surface area contributed by atoms with Crippen molar-refractivity contribution in [3.63, 3.8) is 0 Å².